The van der Waals surface area contributed by atoms with Gasteiger partial charge in [0.25, 0.3) is 0 Å². The molecule has 0 aromatic heterocycles. The third kappa shape index (κ3) is 2.49. The highest BCUT2D eigenvalue weighted by atomic mass is 16.3. The highest BCUT2D eigenvalue weighted by molar-refractivity contribution is 5.50. The van der Waals surface area contributed by atoms with Gasteiger partial charge in [-0.25, -0.2) is 0 Å². The Kier molecular flexibility index (Phi) is 3.68. The van der Waals surface area contributed by atoms with Gasteiger partial charge in [-0.05, 0) is 80.8 Å². The number of rotatable bonds is 1. The van der Waals surface area contributed by atoms with E-state index in [0.29, 0.717) is 0 Å². The lowest BCUT2D eigenvalue weighted by atomic mass is 9.70. The van der Waals surface area contributed by atoms with E-state index in [2.05, 4.69) is 50.2 Å². The fraction of sp³-hybridized carbons (Fsp3) is 0.455. The van der Waals surface area contributed by atoms with Gasteiger partial charge in [-0.2, -0.15) is 0 Å². The molecule has 24 heavy (non-hydrogen) atoms. The second-order valence-corrected chi connectivity index (χ2v) is 7.53. The lowest BCUT2D eigenvalue weighted by molar-refractivity contribution is 0.00183. The first-order valence-electron chi connectivity index (χ1n) is 9.59. The van der Waals surface area contributed by atoms with E-state index in [-0.39, 0.29) is 5.92 Å². The second kappa shape index (κ2) is 6.02. The molecule has 126 valence electrons. The van der Waals surface area contributed by atoms with Gasteiger partial charge in [0.05, 0.1) is 0 Å². The van der Waals surface area contributed by atoms with Gasteiger partial charge >= 0.3 is 0 Å². The van der Waals surface area contributed by atoms with Crippen molar-refractivity contribution in [3.05, 3.63) is 69.8 Å². The maximum absolute atomic E-state index is 12.2. The van der Waals surface area contributed by atoms with Crippen molar-refractivity contribution in [1.29, 1.82) is 0 Å². The van der Waals surface area contributed by atoms with Crippen LogP contribution in [0.5, 0.6) is 0 Å². The van der Waals surface area contributed by atoms with Gasteiger partial charge in [0, 0.05) is 0 Å². The van der Waals surface area contributed by atoms with Crippen molar-refractivity contribution in [2.75, 3.05) is 13.1 Å². The number of piperidine rings is 1. The summed E-state index contributed by atoms with van der Waals surface area (Å²) in [6.07, 6.45) is 3.68. The first-order valence-corrected chi connectivity index (χ1v) is 9.14. The number of aliphatic hydroxyl groups is 1. The van der Waals surface area contributed by atoms with E-state index >= 15 is 0 Å². The Labute approximate surface area is 146 Å². The molecule has 4 rings (SSSR count). The Morgan fingerprint density at radius 3 is 1.96 bits per heavy atom. The molecule has 1 aliphatic carbocycles. The summed E-state index contributed by atoms with van der Waals surface area (Å²) in [4.78, 5) is 0. The van der Waals surface area contributed by atoms with E-state index in [0.717, 1.165) is 49.9 Å². The average Bonchev–Trinajstić information content (AvgIpc) is 2.71. The summed E-state index contributed by atoms with van der Waals surface area (Å²) >= 11 is 0. The molecular formula is C22H27NO. The molecule has 2 heteroatoms. The molecule has 2 aliphatic rings. The van der Waals surface area contributed by atoms with Crippen molar-refractivity contribution in [3.8, 4) is 0 Å². The van der Waals surface area contributed by atoms with Gasteiger partial charge in [-0.1, -0.05) is 47.5 Å². The van der Waals surface area contributed by atoms with Crippen LogP contribution in [0.4, 0.5) is 0 Å². The quantitative estimate of drug-likeness (QED) is 0.840. The Hall–Kier alpha value is -1.64. The first-order chi connectivity index (χ1) is 12.0. The van der Waals surface area contributed by atoms with Gasteiger partial charge in [0.2, 0.25) is 0 Å². The lowest BCUT2D eigenvalue weighted by Gasteiger charge is -2.40. The Balaban J connectivity index is 1.91. The molecule has 0 radical (unpaired) electrons. The number of nitrogens with one attached hydrogen (secondary N) is 1. The van der Waals surface area contributed by atoms with Crippen molar-refractivity contribution < 1.29 is 6.52 Å². The van der Waals surface area contributed by atoms with Gasteiger partial charge in [0.1, 0.15) is 7.01 Å². The topological polar surface area (TPSA) is 32.3 Å². The molecule has 0 bridgehead atoms. The van der Waals surface area contributed by atoms with Crippen LogP contribution in [0.15, 0.2) is 36.4 Å². The number of benzene rings is 2. The molecule has 1 fully saturated rings. The zero-order chi connectivity index (χ0) is 17.6. The molecule has 1 saturated heterocycles. The SMILES string of the molecule is [3H]N1CCC(C2(O)c3ccc(C)cc3CCc3cc(C)ccc32)CC1. The van der Waals surface area contributed by atoms with E-state index in [1.807, 2.05) is 0 Å². The molecule has 0 saturated carbocycles. The second-order valence-electron chi connectivity index (χ2n) is 7.53. The van der Waals surface area contributed by atoms with Gasteiger partial charge in [0.15, 0.2) is 0 Å². The highest BCUT2D eigenvalue weighted by Crippen LogP contribution is 2.46. The van der Waals surface area contributed by atoms with Crippen molar-refractivity contribution in [2.45, 2.75) is 45.1 Å². The minimum atomic E-state index is -0.941. The standard InChI is InChI=1S/C22H27NO/c1-15-3-7-20-17(13-15)5-6-18-14-16(2)4-8-21(18)22(20,24)19-9-11-23-12-10-19/h3-4,7-8,13-14,19,23-24H,5-6,9-12H2,1-2H3/i/hT. The third-order valence-electron chi connectivity index (χ3n) is 5.87. The highest BCUT2D eigenvalue weighted by Gasteiger charge is 2.44. The Morgan fingerprint density at radius 1 is 0.958 bits per heavy atom. The van der Waals surface area contributed by atoms with Crippen LogP contribution < -0.4 is 5.31 Å². The molecule has 0 amide bonds. The van der Waals surface area contributed by atoms with Crippen LogP contribution in [0.1, 0.15) is 46.2 Å². The smallest absolute Gasteiger partial charge is 0.122 e. The molecule has 2 N–H and O–H groups in total. The van der Waals surface area contributed by atoms with Crippen molar-refractivity contribution >= 4 is 0 Å². The largest absolute Gasteiger partial charge is 0.380 e. The molecule has 1 heterocycles. The molecule has 2 aromatic rings. The molecule has 0 atom stereocenters. The van der Waals surface area contributed by atoms with Crippen molar-refractivity contribution in [2.24, 2.45) is 5.92 Å². The fourth-order valence-electron chi connectivity index (χ4n) is 4.62. The summed E-state index contributed by atoms with van der Waals surface area (Å²) in [5.74, 6) is 0.162. The number of hydrogen-bond acceptors (Lipinski definition) is 2. The van der Waals surface area contributed by atoms with Gasteiger partial charge in [-0.3, -0.25) is 0 Å². The molecule has 0 spiro atoms. The summed E-state index contributed by atoms with van der Waals surface area (Å²) in [5, 5.41) is 13.8. The van der Waals surface area contributed by atoms with Crippen LogP contribution in [0.25, 0.3) is 0 Å². The maximum Gasteiger partial charge on any atom is 0.122 e. The Bertz CT molecular complexity index is 739. The van der Waals surface area contributed by atoms with Crippen molar-refractivity contribution in [1.82, 2.24) is 5.31 Å². The molecule has 2 nitrogen and oxygen atoms in total. The van der Waals surface area contributed by atoms with Crippen LogP contribution in [-0.2, 0) is 18.4 Å². The monoisotopic (exact) mass is 323 g/mol. The van der Waals surface area contributed by atoms with Crippen LogP contribution >= 0.6 is 0 Å². The molecule has 0 unspecified atom stereocenters. The maximum atomic E-state index is 12.2. The Morgan fingerprint density at radius 2 is 1.46 bits per heavy atom. The zero-order valence-corrected chi connectivity index (χ0v) is 14.7. The minimum absolute atomic E-state index is 0.162. The summed E-state index contributed by atoms with van der Waals surface area (Å²) in [7, 11) is 0. The normalized spacial score (nSPS) is 21.5. The summed E-state index contributed by atoms with van der Waals surface area (Å²) in [5.41, 5.74) is 6.31. The third-order valence-corrected chi connectivity index (χ3v) is 5.87. The van der Waals surface area contributed by atoms with Crippen LogP contribution in [0.2, 0.25) is 1.41 Å². The summed E-state index contributed by atoms with van der Waals surface area (Å²) in [6, 6.07) is 13.0. The van der Waals surface area contributed by atoms with E-state index in [9.17, 15) is 5.11 Å². The van der Waals surface area contributed by atoms with Crippen LogP contribution in [0.3, 0.4) is 0 Å². The number of fused-ring (bicyclic) bond motifs is 2. The summed E-state index contributed by atoms with van der Waals surface area (Å²) in [6.45, 7) is 5.71. The lowest BCUT2D eigenvalue weighted by Crippen LogP contribution is -2.43. The predicted octanol–water partition coefficient (Wildman–Crippen LogP) is 3.64. The average molecular weight is 323 g/mol. The van der Waals surface area contributed by atoms with E-state index < -0.39 is 5.60 Å². The zero-order valence-electron chi connectivity index (χ0n) is 15.7. The van der Waals surface area contributed by atoms with E-state index in [1.54, 1.807) is 5.31 Å². The van der Waals surface area contributed by atoms with Crippen LogP contribution in [-0.4, -0.2) is 18.2 Å². The van der Waals surface area contributed by atoms with Crippen molar-refractivity contribution in [3.63, 3.8) is 0 Å². The predicted molar refractivity (Wildman–Crippen MR) is 98.4 cm³/mol. The molecule has 1 aliphatic heterocycles. The minimum Gasteiger partial charge on any atom is -0.380 e. The fourth-order valence-corrected chi connectivity index (χ4v) is 4.62. The van der Waals surface area contributed by atoms with Gasteiger partial charge in [-0.15, -0.1) is 0 Å². The van der Waals surface area contributed by atoms with Crippen LogP contribution in [0, 0.1) is 19.8 Å². The molecule has 2 aromatic carbocycles. The first kappa shape index (κ1) is 14.7. The van der Waals surface area contributed by atoms with Gasteiger partial charge < -0.3 is 10.4 Å². The number of aryl methyl sites for hydroxylation is 4. The number of hydrogen-bond donors (Lipinski definition) is 2. The molecular weight excluding hydrogens is 294 g/mol. The summed E-state index contributed by atoms with van der Waals surface area (Å²) < 4.78 is 7.88. The van der Waals surface area contributed by atoms with E-state index in [4.69, 9.17) is 1.41 Å². The van der Waals surface area contributed by atoms with E-state index in [1.165, 1.54) is 22.3 Å².